The quantitative estimate of drug-likeness (QED) is 0.802. The minimum Gasteiger partial charge on any atom is -0.371 e. The highest BCUT2D eigenvalue weighted by atomic mass is 15.2. The van der Waals surface area contributed by atoms with Crippen molar-refractivity contribution in [1.29, 1.82) is 0 Å². The largest absolute Gasteiger partial charge is 0.371 e. The van der Waals surface area contributed by atoms with Crippen LogP contribution < -0.4 is 10.6 Å². The summed E-state index contributed by atoms with van der Waals surface area (Å²) in [5.74, 6) is 0.811. The Morgan fingerprint density at radius 2 is 2.13 bits per heavy atom. The summed E-state index contributed by atoms with van der Waals surface area (Å²) in [6.07, 6.45) is 1.30. The normalized spacial score (nSPS) is 23.1. The van der Waals surface area contributed by atoms with E-state index in [0.29, 0.717) is 0 Å². The van der Waals surface area contributed by atoms with Gasteiger partial charge in [0, 0.05) is 24.8 Å². The van der Waals surface area contributed by atoms with Crippen LogP contribution in [0.15, 0.2) is 24.3 Å². The minimum absolute atomic E-state index is 0.122. The number of benzene rings is 1. The first-order chi connectivity index (χ1) is 7.18. The molecular weight excluding hydrogens is 184 g/mol. The molecule has 1 fully saturated rings. The van der Waals surface area contributed by atoms with E-state index in [-0.39, 0.29) is 6.04 Å². The summed E-state index contributed by atoms with van der Waals surface area (Å²) >= 11 is 0. The van der Waals surface area contributed by atoms with Crippen molar-refractivity contribution in [3.63, 3.8) is 0 Å². The second kappa shape index (κ2) is 4.23. The molecule has 0 saturated carbocycles. The van der Waals surface area contributed by atoms with Crippen LogP contribution in [0.2, 0.25) is 0 Å². The van der Waals surface area contributed by atoms with Crippen LogP contribution in [0, 0.1) is 5.92 Å². The third-order valence-electron chi connectivity index (χ3n) is 3.19. The minimum atomic E-state index is 0.122. The molecule has 82 valence electrons. The molecule has 1 saturated heterocycles. The predicted molar refractivity (Wildman–Crippen MR) is 65.0 cm³/mol. The fourth-order valence-corrected chi connectivity index (χ4v) is 2.31. The fourth-order valence-electron chi connectivity index (χ4n) is 2.31. The predicted octanol–water partition coefficient (Wildman–Crippen LogP) is 2.55. The van der Waals surface area contributed by atoms with Crippen LogP contribution in [0.4, 0.5) is 5.69 Å². The first kappa shape index (κ1) is 10.5. The number of anilines is 1. The van der Waals surface area contributed by atoms with Gasteiger partial charge in [-0.25, -0.2) is 0 Å². The van der Waals surface area contributed by atoms with Crippen molar-refractivity contribution in [1.82, 2.24) is 0 Å². The van der Waals surface area contributed by atoms with Gasteiger partial charge >= 0.3 is 0 Å². The Balaban J connectivity index is 2.27. The highest BCUT2D eigenvalue weighted by Gasteiger charge is 2.21. The fraction of sp³-hybridized carbons (Fsp3) is 0.538. The molecule has 2 heteroatoms. The van der Waals surface area contributed by atoms with E-state index in [2.05, 4.69) is 43.0 Å². The van der Waals surface area contributed by atoms with Crippen LogP contribution in [-0.4, -0.2) is 13.1 Å². The average Bonchev–Trinajstić information content (AvgIpc) is 2.65. The molecule has 0 aliphatic carbocycles. The Bertz CT molecular complexity index is 333. The van der Waals surface area contributed by atoms with Gasteiger partial charge in [0.15, 0.2) is 0 Å². The van der Waals surface area contributed by atoms with E-state index in [1.807, 2.05) is 0 Å². The van der Waals surface area contributed by atoms with Crippen molar-refractivity contribution < 1.29 is 0 Å². The summed E-state index contributed by atoms with van der Waals surface area (Å²) in [6.45, 7) is 6.71. The van der Waals surface area contributed by atoms with Crippen LogP contribution in [0.25, 0.3) is 0 Å². The zero-order valence-electron chi connectivity index (χ0n) is 9.61. The Labute approximate surface area is 92.1 Å². The molecule has 1 heterocycles. The van der Waals surface area contributed by atoms with E-state index in [0.717, 1.165) is 5.92 Å². The van der Waals surface area contributed by atoms with Crippen molar-refractivity contribution in [3.05, 3.63) is 29.8 Å². The summed E-state index contributed by atoms with van der Waals surface area (Å²) in [6, 6.07) is 8.63. The summed E-state index contributed by atoms with van der Waals surface area (Å²) in [5.41, 5.74) is 8.59. The number of rotatable bonds is 2. The Morgan fingerprint density at radius 3 is 2.73 bits per heavy atom. The van der Waals surface area contributed by atoms with Crippen molar-refractivity contribution in [2.75, 3.05) is 18.0 Å². The first-order valence-corrected chi connectivity index (χ1v) is 5.78. The molecule has 1 aliphatic rings. The van der Waals surface area contributed by atoms with Crippen LogP contribution in [0.3, 0.4) is 0 Å². The molecule has 1 aromatic carbocycles. The van der Waals surface area contributed by atoms with Gasteiger partial charge in [-0.3, -0.25) is 0 Å². The molecule has 0 amide bonds. The van der Waals surface area contributed by atoms with E-state index in [9.17, 15) is 0 Å². The highest BCUT2D eigenvalue weighted by Crippen LogP contribution is 2.29. The number of nitrogens with two attached hydrogens (primary N) is 1. The zero-order valence-corrected chi connectivity index (χ0v) is 9.61. The van der Waals surface area contributed by atoms with E-state index in [1.54, 1.807) is 0 Å². The van der Waals surface area contributed by atoms with Gasteiger partial charge < -0.3 is 10.6 Å². The van der Waals surface area contributed by atoms with Crippen molar-refractivity contribution in [3.8, 4) is 0 Å². The first-order valence-electron chi connectivity index (χ1n) is 5.78. The number of hydrogen-bond donors (Lipinski definition) is 1. The van der Waals surface area contributed by atoms with Crippen molar-refractivity contribution >= 4 is 5.69 Å². The summed E-state index contributed by atoms with van der Waals surface area (Å²) in [4.78, 5) is 2.46. The van der Waals surface area contributed by atoms with Gasteiger partial charge in [-0.05, 0) is 30.9 Å². The van der Waals surface area contributed by atoms with Gasteiger partial charge in [-0.1, -0.05) is 25.1 Å². The second-order valence-corrected chi connectivity index (χ2v) is 4.69. The molecule has 2 rings (SSSR count). The number of para-hydroxylation sites is 1. The lowest BCUT2D eigenvalue weighted by Gasteiger charge is -2.23. The standard InChI is InChI=1S/C13H20N2/c1-10-7-8-15(9-10)13-6-4-3-5-12(13)11(2)14/h3-6,10-11H,7-9,14H2,1-2H3. The summed E-state index contributed by atoms with van der Waals surface area (Å²) in [7, 11) is 0. The topological polar surface area (TPSA) is 29.3 Å². The molecule has 0 aromatic heterocycles. The smallest absolute Gasteiger partial charge is 0.0414 e. The molecule has 1 aliphatic heterocycles. The van der Waals surface area contributed by atoms with Crippen LogP contribution in [0.1, 0.15) is 31.9 Å². The molecule has 2 unspecified atom stereocenters. The van der Waals surface area contributed by atoms with E-state index < -0.39 is 0 Å². The molecule has 15 heavy (non-hydrogen) atoms. The van der Waals surface area contributed by atoms with Crippen LogP contribution in [0.5, 0.6) is 0 Å². The second-order valence-electron chi connectivity index (χ2n) is 4.69. The van der Waals surface area contributed by atoms with Crippen LogP contribution >= 0.6 is 0 Å². The van der Waals surface area contributed by atoms with Crippen LogP contribution in [-0.2, 0) is 0 Å². The molecule has 0 spiro atoms. The zero-order chi connectivity index (χ0) is 10.8. The maximum absolute atomic E-state index is 5.99. The maximum Gasteiger partial charge on any atom is 0.0414 e. The molecule has 1 aromatic rings. The van der Waals surface area contributed by atoms with Gasteiger partial charge in [0.25, 0.3) is 0 Å². The molecule has 2 nitrogen and oxygen atoms in total. The lowest BCUT2D eigenvalue weighted by molar-refractivity contribution is 0.659. The third-order valence-corrected chi connectivity index (χ3v) is 3.19. The lowest BCUT2D eigenvalue weighted by Crippen LogP contribution is -2.22. The monoisotopic (exact) mass is 204 g/mol. The van der Waals surface area contributed by atoms with E-state index in [1.165, 1.54) is 30.8 Å². The van der Waals surface area contributed by atoms with Gasteiger partial charge in [0.2, 0.25) is 0 Å². The van der Waals surface area contributed by atoms with Gasteiger partial charge in [0.05, 0.1) is 0 Å². The van der Waals surface area contributed by atoms with Gasteiger partial charge in [-0.2, -0.15) is 0 Å². The average molecular weight is 204 g/mol. The third kappa shape index (κ3) is 2.15. The van der Waals surface area contributed by atoms with E-state index in [4.69, 9.17) is 5.73 Å². The molecular formula is C13H20N2. The number of nitrogens with zero attached hydrogens (tertiary/aromatic N) is 1. The Hall–Kier alpha value is -1.02. The lowest BCUT2D eigenvalue weighted by atomic mass is 10.1. The molecule has 2 N–H and O–H groups in total. The highest BCUT2D eigenvalue weighted by molar-refractivity contribution is 5.55. The van der Waals surface area contributed by atoms with Crippen molar-refractivity contribution in [2.24, 2.45) is 11.7 Å². The summed E-state index contributed by atoms with van der Waals surface area (Å²) in [5, 5.41) is 0. The van der Waals surface area contributed by atoms with Gasteiger partial charge in [-0.15, -0.1) is 0 Å². The van der Waals surface area contributed by atoms with Crippen molar-refractivity contribution in [2.45, 2.75) is 26.3 Å². The molecule has 0 bridgehead atoms. The summed E-state index contributed by atoms with van der Waals surface area (Å²) < 4.78 is 0. The Kier molecular flexibility index (Phi) is 2.96. The molecule has 0 radical (unpaired) electrons. The Morgan fingerprint density at radius 1 is 1.40 bits per heavy atom. The van der Waals surface area contributed by atoms with Gasteiger partial charge in [0.1, 0.15) is 0 Å². The van der Waals surface area contributed by atoms with E-state index >= 15 is 0 Å². The molecule has 2 atom stereocenters. The maximum atomic E-state index is 5.99. The SMILES string of the molecule is CC1CCN(c2ccccc2C(C)N)C1. The number of hydrogen-bond acceptors (Lipinski definition) is 2.